The van der Waals surface area contributed by atoms with E-state index in [2.05, 4.69) is 21.2 Å². The highest BCUT2D eigenvalue weighted by Crippen LogP contribution is 2.26. The third kappa shape index (κ3) is 4.18. The Labute approximate surface area is 136 Å². The average molecular weight is 393 g/mol. The normalized spacial score (nSPS) is 11.4. The molecule has 21 heavy (non-hydrogen) atoms. The van der Waals surface area contributed by atoms with Crippen LogP contribution in [0, 0.1) is 5.82 Å². The van der Waals surface area contributed by atoms with E-state index >= 15 is 0 Å². The fourth-order valence-corrected chi connectivity index (χ4v) is 2.98. The van der Waals surface area contributed by atoms with E-state index in [0.717, 1.165) is 10.7 Å². The van der Waals surface area contributed by atoms with E-state index in [1.165, 1.54) is 24.3 Å². The number of benzene rings is 2. The number of sulfone groups is 1. The van der Waals surface area contributed by atoms with Gasteiger partial charge in [-0.15, -0.1) is 0 Å². The molecule has 0 aliphatic carbocycles. The fraction of sp³-hybridized carbons (Fsp3) is 0.143. The summed E-state index contributed by atoms with van der Waals surface area (Å²) in [6.45, 7) is 0.193. The molecular formula is C14H12BrClFNO2S. The smallest absolute Gasteiger partial charge is 0.175 e. The molecule has 2 aromatic carbocycles. The summed E-state index contributed by atoms with van der Waals surface area (Å²) in [7, 11) is -3.32. The molecular weight excluding hydrogens is 381 g/mol. The van der Waals surface area contributed by atoms with Gasteiger partial charge >= 0.3 is 0 Å². The van der Waals surface area contributed by atoms with Crippen LogP contribution in [0.5, 0.6) is 0 Å². The van der Waals surface area contributed by atoms with Gasteiger partial charge in [-0.2, -0.15) is 0 Å². The first-order valence-corrected chi connectivity index (χ1v) is 9.01. The largest absolute Gasteiger partial charge is 0.380 e. The van der Waals surface area contributed by atoms with Gasteiger partial charge in [0.25, 0.3) is 0 Å². The maximum atomic E-state index is 13.7. The van der Waals surface area contributed by atoms with Crippen molar-refractivity contribution in [2.75, 3.05) is 11.6 Å². The lowest BCUT2D eigenvalue weighted by Gasteiger charge is -2.11. The molecule has 2 aromatic rings. The van der Waals surface area contributed by atoms with Gasteiger partial charge in [-0.3, -0.25) is 0 Å². The third-order valence-electron chi connectivity index (χ3n) is 2.84. The number of hydrogen-bond acceptors (Lipinski definition) is 3. The van der Waals surface area contributed by atoms with Gasteiger partial charge in [0.05, 0.1) is 15.6 Å². The van der Waals surface area contributed by atoms with Crippen molar-refractivity contribution in [3.8, 4) is 0 Å². The molecule has 112 valence electrons. The monoisotopic (exact) mass is 391 g/mol. The Hall–Kier alpha value is -1.11. The Morgan fingerprint density at radius 1 is 1.24 bits per heavy atom. The van der Waals surface area contributed by atoms with Crippen molar-refractivity contribution >= 4 is 43.1 Å². The van der Waals surface area contributed by atoms with Gasteiger partial charge in [-0.1, -0.05) is 27.5 Å². The van der Waals surface area contributed by atoms with E-state index in [4.69, 9.17) is 11.6 Å². The van der Waals surface area contributed by atoms with Crippen LogP contribution in [0.2, 0.25) is 5.02 Å². The maximum Gasteiger partial charge on any atom is 0.175 e. The van der Waals surface area contributed by atoms with Crippen LogP contribution in [-0.4, -0.2) is 14.7 Å². The average Bonchev–Trinajstić information content (AvgIpc) is 2.40. The zero-order valence-electron chi connectivity index (χ0n) is 11.0. The molecule has 0 aliphatic rings. The van der Waals surface area contributed by atoms with E-state index in [9.17, 15) is 12.8 Å². The van der Waals surface area contributed by atoms with Crippen LogP contribution < -0.4 is 5.32 Å². The minimum absolute atomic E-state index is 0.157. The summed E-state index contributed by atoms with van der Waals surface area (Å²) < 4.78 is 37.5. The molecule has 0 bridgehead atoms. The van der Waals surface area contributed by atoms with Crippen LogP contribution in [0.15, 0.2) is 45.8 Å². The van der Waals surface area contributed by atoms with E-state index in [-0.39, 0.29) is 17.3 Å². The lowest BCUT2D eigenvalue weighted by molar-refractivity contribution is 0.601. The van der Waals surface area contributed by atoms with Crippen molar-refractivity contribution in [3.63, 3.8) is 0 Å². The lowest BCUT2D eigenvalue weighted by Crippen LogP contribution is -2.04. The quantitative estimate of drug-likeness (QED) is 0.846. The first-order valence-electron chi connectivity index (χ1n) is 5.95. The predicted octanol–water partition coefficient (Wildman–Crippen LogP) is 4.26. The second-order valence-electron chi connectivity index (χ2n) is 4.50. The molecule has 1 N–H and O–H groups in total. The number of hydrogen-bond donors (Lipinski definition) is 1. The first kappa shape index (κ1) is 16.3. The van der Waals surface area contributed by atoms with E-state index in [0.29, 0.717) is 16.3 Å². The highest BCUT2D eigenvalue weighted by atomic mass is 79.9. The van der Waals surface area contributed by atoms with Gasteiger partial charge in [-0.05, 0) is 36.4 Å². The standard InChI is InChI=1S/C14H12BrClFNO2S/c1-21(19,20)11-3-4-12(16)14(7-11)18-8-9-6-10(15)2-5-13(9)17/h2-7,18H,8H2,1H3. The molecule has 7 heteroatoms. The molecule has 0 fully saturated rings. The highest BCUT2D eigenvalue weighted by Gasteiger charge is 2.11. The summed E-state index contributed by atoms with van der Waals surface area (Å²) in [4.78, 5) is 0.157. The number of nitrogens with one attached hydrogen (secondary N) is 1. The summed E-state index contributed by atoms with van der Waals surface area (Å²) in [6, 6.07) is 8.98. The summed E-state index contributed by atoms with van der Waals surface area (Å²) >= 11 is 9.30. The van der Waals surface area contributed by atoms with Crippen LogP contribution in [0.25, 0.3) is 0 Å². The van der Waals surface area contributed by atoms with Gasteiger partial charge in [0.2, 0.25) is 0 Å². The van der Waals surface area contributed by atoms with Crippen molar-refractivity contribution in [1.82, 2.24) is 0 Å². The summed E-state index contributed by atoms with van der Waals surface area (Å²) in [5.41, 5.74) is 0.893. The molecule has 0 saturated heterocycles. The van der Waals surface area contributed by atoms with Gasteiger partial charge < -0.3 is 5.32 Å². The molecule has 3 nitrogen and oxygen atoms in total. The van der Waals surface area contributed by atoms with Crippen molar-refractivity contribution < 1.29 is 12.8 Å². The Kier molecular flexibility index (Phi) is 4.91. The fourth-order valence-electron chi connectivity index (χ4n) is 1.74. The van der Waals surface area contributed by atoms with Crippen molar-refractivity contribution in [2.45, 2.75) is 11.4 Å². The van der Waals surface area contributed by atoms with Crippen molar-refractivity contribution in [2.24, 2.45) is 0 Å². The van der Waals surface area contributed by atoms with Gasteiger partial charge in [0.1, 0.15) is 5.82 Å². The molecule has 0 spiro atoms. The predicted molar refractivity (Wildman–Crippen MR) is 86.0 cm³/mol. The molecule has 0 radical (unpaired) electrons. The van der Waals surface area contributed by atoms with Crippen LogP contribution in [0.4, 0.5) is 10.1 Å². The second-order valence-corrected chi connectivity index (χ2v) is 7.84. The third-order valence-corrected chi connectivity index (χ3v) is 4.78. The van der Waals surface area contributed by atoms with Crippen molar-refractivity contribution in [3.05, 3.63) is 57.3 Å². The molecule has 0 heterocycles. The SMILES string of the molecule is CS(=O)(=O)c1ccc(Cl)c(NCc2cc(Br)ccc2F)c1. The number of anilines is 1. The Balaban J connectivity index is 2.26. The van der Waals surface area contributed by atoms with E-state index in [1.807, 2.05) is 0 Å². The lowest BCUT2D eigenvalue weighted by atomic mass is 10.2. The van der Waals surface area contributed by atoms with E-state index < -0.39 is 9.84 Å². The van der Waals surface area contributed by atoms with Gasteiger partial charge in [-0.25, -0.2) is 12.8 Å². The van der Waals surface area contributed by atoms with Crippen molar-refractivity contribution in [1.29, 1.82) is 0 Å². The second kappa shape index (κ2) is 6.34. The Morgan fingerprint density at radius 2 is 1.95 bits per heavy atom. The Morgan fingerprint density at radius 3 is 2.62 bits per heavy atom. The first-order chi connectivity index (χ1) is 9.77. The summed E-state index contributed by atoms with van der Waals surface area (Å²) in [5.74, 6) is -0.346. The van der Waals surface area contributed by atoms with Gasteiger partial charge in [0, 0.05) is 22.8 Å². The maximum absolute atomic E-state index is 13.7. The zero-order valence-corrected chi connectivity index (χ0v) is 14.2. The molecule has 0 aromatic heterocycles. The van der Waals surface area contributed by atoms with Gasteiger partial charge in [0.15, 0.2) is 9.84 Å². The molecule has 2 rings (SSSR count). The minimum atomic E-state index is -3.32. The summed E-state index contributed by atoms with van der Waals surface area (Å²) in [5, 5.41) is 3.33. The number of rotatable bonds is 4. The zero-order chi connectivity index (χ0) is 15.6. The van der Waals surface area contributed by atoms with E-state index in [1.54, 1.807) is 12.1 Å². The topological polar surface area (TPSA) is 46.2 Å². The highest BCUT2D eigenvalue weighted by molar-refractivity contribution is 9.10. The van der Waals surface area contributed by atoms with Crippen LogP contribution in [0.3, 0.4) is 0 Å². The molecule has 0 unspecified atom stereocenters. The molecule has 0 amide bonds. The van der Waals surface area contributed by atoms with Crippen LogP contribution in [-0.2, 0) is 16.4 Å². The molecule has 0 saturated carbocycles. The van der Waals surface area contributed by atoms with Crippen LogP contribution in [0.1, 0.15) is 5.56 Å². The van der Waals surface area contributed by atoms with Crippen LogP contribution >= 0.6 is 27.5 Å². The Bertz CT molecular complexity index is 781. The minimum Gasteiger partial charge on any atom is -0.380 e. The molecule has 0 atom stereocenters. The summed E-state index contributed by atoms with van der Waals surface area (Å²) in [6.07, 6.45) is 1.12. The molecule has 0 aliphatic heterocycles. The number of halogens is 3.